The first kappa shape index (κ1) is 9.49. The van der Waals surface area contributed by atoms with E-state index < -0.39 is 0 Å². The van der Waals surface area contributed by atoms with E-state index in [0.29, 0.717) is 18.4 Å². The van der Waals surface area contributed by atoms with Gasteiger partial charge in [-0.2, -0.15) is 0 Å². The number of hydrogen-bond acceptors (Lipinski definition) is 1. The fourth-order valence-electron chi connectivity index (χ4n) is 1.57. The number of nitrogens with two attached hydrogens (primary N) is 1. The highest BCUT2D eigenvalue weighted by Gasteiger charge is 2.10. The van der Waals surface area contributed by atoms with Gasteiger partial charge in [-0.3, -0.25) is 0 Å². The molecule has 2 rings (SSSR count). The summed E-state index contributed by atoms with van der Waals surface area (Å²) in [5.74, 6) is -0.367. The predicted molar refractivity (Wildman–Crippen MR) is 56.0 cm³/mol. The lowest BCUT2D eigenvalue weighted by Gasteiger charge is -1.99. The van der Waals surface area contributed by atoms with Crippen LogP contribution in [0, 0.1) is 5.82 Å². The van der Waals surface area contributed by atoms with Crippen LogP contribution in [-0.2, 0) is 6.42 Å². The average Bonchev–Trinajstić information content (AvgIpc) is 2.57. The highest BCUT2D eigenvalue weighted by molar-refractivity contribution is 6.31. The van der Waals surface area contributed by atoms with Crippen LogP contribution in [-0.4, -0.2) is 11.5 Å². The van der Waals surface area contributed by atoms with Crippen molar-refractivity contribution in [2.24, 2.45) is 5.73 Å². The van der Waals surface area contributed by atoms with Crippen molar-refractivity contribution in [1.82, 2.24) is 4.98 Å². The van der Waals surface area contributed by atoms with Crippen LogP contribution < -0.4 is 5.73 Å². The molecular formula is C10H10ClFN2. The molecule has 0 saturated carbocycles. The average molecular weight is 213 g/mol. The Bertz CT molecular complexity index is 464. The minimum atomic E-state index is -0.367. The second kappa shape index (κ2) is 3.59. The van der Waals surface area contributed by atoms with Crippen molar-refractivity contribution in [2.45, 2.75) is 6.42 Å². The van der Waals surface area contributed by atoms with Crippen LogP contribution >= 0.6 is 11.6 Å². The molecule has 14 heavy (non-hydrogen) atoms. The molecule has 0 aliphatic carbocycles. The Kier molecular flexibility index (Phi) is 2.44. The Morgan fingerprint density at radius 1 is 1.43 bits per heavy atom. The van der Waals surface area contributed by atoms with Gasteiger partial charge >= 0.3 is 0 Å². The molecule has 3 N–H and O–H groups in total. The third kappa shape index (κ3) is 1.38. The van der Waals surface area contributed by atoms with Gasteiger partial charge in [-0.25, -0.2) is 4.39 Å². The van der Waals surface area contributed by atoms with E-state index in [2.05, 4.69) is 4.98 Å². The quantitative estimate of drug-likeness (QED) is 0.789. The zero-order valence-electron chi connectivity index (χ0n) is 7.48. The number of H-pyrrole nitrogens is 1. The maximum atomic E-state index is 13.6. The van der Waals surface area contributed by atoms with Crippen LogP contribution in [0.3, 0.4) is 0 Å². The number of halogens is 2. The molecule has 1 aromatic heterocycles. The van der Waals surface area contributed by atoms with E-state index in [1.165, 1.54) is 0 Å². The summed E-state index contributed by atoms with van der Waals surface area (Å²) in [5, 5.41) is 0.707. The molecule has 2 aromatic rings. The zero-order chi connectivity index (χ0) is 10.1. The summed E-state index contributed by atoms with van der Waals surface area (Å²) in [6.45, 7) is 0.499. The van der Waals surface area contributed by atoms with E-state index in [0.717, 1.165) is 11.1 Å². The summed E-state index contributed by atoms with van der Waals surface area (Å²) in [6, 6.07) is 3.31. The Morgan fingerprint density at radius 2 is 2.21 bits per heavy atom. The highest BCUT2D eigenvalue weighted by atomic mass is 35.5. The predicted octanol–water partition coefficient (Wildman–Crippen LogP) is 2.46. The number of benzene rings is 1. The zero-order valence-corrected chi connectivity index (χ0v) is 8.24. The Labute approximate surface area is 85.9 Å². The molecule has 0 aliphatic heterocycles. The van der Waals surface area contributed by atoms with Gasteiger partial charge in [-0.15, -0.1) is 0 Å². The maximum Gasteiger partial charge on any atom is 0.151 e. The number of hydrogen-bond donors (Lipinski definition) is 2. The molecule has 1 heterocycles. The Hall–Kier alpha value is -1.06. The summed E-state index contributed by atoms with van der Waals surface area (Å²) < 4.78 is 13.6. The van der Waals surface area contributed by atoms with Gasteiger partial charge < -0.3 is 10.7 Å². The number of aromatic nitrogens is 1. The SMILES string of the molecule is NCCc1c[nH]c2ccc(Cl)c(F)c12. The molecule has 0 saturated heterocycles. The molecule has 0 amide bonds. The second-order valence-corrected chi connectivity index (χ2v) is 3.54. The lowest BCUT2D eigenvalue weighted by Crippen LogP contribution is -2.02. The van der Waals surface area contributed by atoms with E-state index in [1.807, 2.05) is 0 Å². The first-order valence-corrected chi connectivity index (χ1v) is 4.76. The minimum absolute atomic E-state index is 0.148. The summed E-state index contributed by atoms with van der Waals surface area (Å²) in [6.07, 6.45) is 2.42. The fourth-order valence-corrected chi connectivity index (χ4v) is 1.73. The molecule has 0 atom stereocenters. The first-order chi connectivity index (χ1) is 6.74. The van der Waals surface area contributed by atoms with Gasteiger partial charge in [0, 0.05) is 17.1 Å². The van der Waals surface area contributed by atoms with Crippen molar-refractivity contribution in [3.8, 4) is 0 Å². The summed E-state index contributed by atoms with van der Waals surface area (Å²) in [4.78, 5) is 2.99. The summed E-state index contributed by atoms with van der Waals surface area (Å²) in [5.41, 5.74) is 7.07. The second-order valence-electron chi connectivity index (χ2n) is 3.14. The van der Waals surface area contributed by atoms with E-state index >= 15 is 0 Å². The lowest BCUT2D eigenvalue weighted by molar-refractivity contribution is 0.639. The van der Waals surface area contributed by atoms with E-state index in [9.17, 15) is 4.39 Å². The molecule has 0 fully saturated rings. The lowest BCUT2D eigenvalue weighted by atomic mass is 10.1. The first-order valence-electron chi connectivity index (χ1n) is 4.38. The summed E-state index contributed by atoms with van der Waals surface area (Å²) >= 11 is 5.70. The minimum Gasteiger partial charge on any atom is -0.361 e. The molecule has 1 aromatic carbocycles. The van der Waals surface area contributed by atoms with Crippen LogP contribution in [0.4, 0.5) is 4.39 Å². The third-order valence-electron chi connectivity index (χ3n) is 2.23. The van der Waals surface area contributed by atoms with Crippen molar-refractivity contribution in [2.75, 3.05) is 6.54 Å². The fraction of sp³-hybridized carbons (Fsp3) is 0.200. The van der Waals surface area contributed by atoms with Crippen molar-refractivity contribution in [3.05, 3.63) is 34.7 Å². The van der Waals surface area contributed by atoms with E-state index in [1.54, 1.807) is 18.3 Å². The van der Waals surface area contributed by atoms with Gasteiger partial charge in [0.15, 0.2) is 5.82 Å². The van der Waals surface area contributed by atoms with Gasteiger partial charge in [-0.05, 0) is 30.7 Å². The topological polar surface area (TPSA) is 41.8 Å². The molecule has 0 radical (unpaired) electrons. The largest absolute Gasteiger partial charge is 0.361 e. The van der Waals surface area contributed by atoms with Crippen molar-refractivity contribution < 1.29 is 4.39 Å². The molecule has 74 valence electrons. The third-order valence-corrected chi connectivity index (χ3v) is 2.52. The standard InChI is InChI=1S/C10H10ClFN2/c11-7-1-2-8-9(10(7)12)6(3-4-13)5-14-8/h1-2,5,14H,3-4,13H2. The van der Waals surface area contributed by atoms with E-state index in [4.69, 9.17) is 17.3 Å². The van der Waals surface area contributed by atoms with Crippen LogP contribution in [0.25, 0.3) is 10.9 Å². The van der Waals surface area contributed by atoms with Gasteiger partial charge in [0.1, 0.15) is 0 Å². The van der Waals surface area contributed by atoms with Gasteiger partial charge in [0.2, 0.25) is 0 Å². The number of rotatable bonds is 2. The number of aromatic amines is 1. The maximum absolute atomic E-state index is 13.6. The normalized spacial score (nSPS) is 11.1. The summed E-state index contributed by atoms with van der Waals surface area (Å²) in [7, 11) is 0. The van der Waals surface area contributed by atoms with Gasteiger partial charge in [-0.1, -0.05) is 11.6 Å². The monoisotopic (exact) mass is 212 g/mol. The number of fused-ring (bicyclic) bond motifs is 1. The molecule has 0 aliphatic rings. The van der Waals surface area contributed by atoms with E-state index in [-0.39, 0.29) is 10.8 Å². The molecular weight excluding hydrogens is 203 g/mol. The molecule has 0 bridgehead atoms. The molecule has 0 unspecified atom stereocenters. The van der Waals surface area contributed by atoms with Gasteiger partial charge in [0.25, 0.3) is 0 Å². The van der Waals surface area contributed by atoms with Crippen LogP contribution in [0.2, 0.25) is 5.02 Å². The van der Waals surface area contributed by atoms with Crippen molar-refractivity contribution in [1.29, 1.82) is 0 Å². The molecule has 2 nitrogen and oxygen atoms in total. The van der Waals surface area contributed by atoms with Crippen LogP contribution in [0.1, 0.15) is 5.56 Å². The Morgan fingerprint density at radius 3 is 2.93 bits per heavy atom. The van der Waals surface area contributed by atoms with Crippen molar-refractivity contribution >= 4 is 22.5 Å². The highest BCUT2D eigenvalue weighted by Crippen LogP contribution is 2.27. The van der Waals surface area contributed by atoms with Crippen molar-refractivity contribution in [3.63, 3.8) is 0 Å². The smallest absolute Gasteiger partial charge is 0.151 e. The molecule has 4 heteroatoms. The number of nitrogens with one attached hydrogen (secondary N) is 1. The van der Waals surface area contributed by atoms with Gasteiger partial charge in [0.05, 0.1) is 5.02 Å². The Balaban J connectivity index is 2.69. The van der Waals surface area contributed by atoms with Crippen LogP contribution in [0.5, 0.6) is 0 Å². The van der Waals surface area contributed by atoms with Crippen LogP contribution in [0.15, 0.2) is 18.3 Å². The molecule has 0 spiro atoms.